The van der Waals surface area contributed by atoms with Gasteiger partial charge in [-0.15, -0.1) is 0 Å². The van der Waals surface area contributed by atoms with E-state index in [1.165, 1.54) is 42.1 Å². The molecule has 0 saturated heterocycles. The highest BCUT2D eigenvalue weighted by atomic mass is 79.9. The molecule has 1 heterocycles. The lowest BCUT2D eigenvalue weighted by atomic mass is 9.81. The molecular weight excluding hydrogens is 300 g/mol. The predicted octanol–water partition coefficient (Wildman–Crippen LogP) is 4.00. The standard InChI is InChI=1S/C16H21BrN2/c1-19-10-12(8-11-4-2-3-5-15(11)18)14-9-13(17)6-7-16(14)19/h6-7,9-11,15H,2-5,8,18H2,1H3. The number of hydrogen-bond donors (Lipinski definition) is 1. The van der Waals surface area contributed by atoms with E-state index in [4.69, 9.17) is 5.73 Å². The average molecular weight is 321 g/mol. The summed E-state index contributed by atoms with van der Waals surface area (Å²) in [7, 11) is 2.13. The molecule has 2 unspecified atom stereocenters. The molecule has 0 radical (unpaired) electrons. The Morgan fingerprint density at radius 3 is 2.89 bits per heavy atom. The number of halogens is 1. The van der Waals surface area contributed by atoms with E-state index in [9.17, 15) is 0 Å². The van der Waals surface area contributed by atoms with Gasteiger partial charge in [0, 0.05) is 34.7 Å². The van der Waals surface area contributed by atoms with Crippen molar-refractivity contribution in [3.05, 3.63) is 34.4 Å². The van der Waals surface area contributed by atoms with Crippen molar-refractivity contribution in [2.24, 2.45) is 18.7 Å². The number of hydrogen-bond acceptors (Lipinski definition) is 1. The van der Waals surface area contributed by atoms with Gasteiger partial charge in [0.05, 0.1) is 0 Å². The minimum Gasteiger partial charge on any atom is -0.350 e. The van der Waals surface area contributed by atoms with Gasteiger partial charge < -0.3 is 10.3 Å². The van der Waals surface area contributed by atoms with Crippen LogP contribution in [0, 0.1) is 5.92 Å². The van der Waals surface area contributed by atoms with Crippen molar-refractivity contribution in [1.82, 2.24) is 4.57 Å². The Balaban J connectivity index is 1.94. The summed E-state index contributed by atoms with van der Waals surface area (Å²) in [5.41, 5.74) is 9.04. The van der Waals surface area contributed by atoms with Gasteiger partial charge in [0.2, 0.25) is 0 Å². The summed E-state index contributed by atoms with van der Waals surface area (Å²) in [4.78, 5) is 0. The van der Waals surface area contributed by atoms with E-state index in [2.05, 4.69) is 51.9 Å². The molecule has 3 rings (SSSR count). The van der Waals surface area contributed by atoms with E-state index in [1.807, 2.05) is 0 Å². The second kappa shape index (κ2) is 5.29. The van der Waals surface area contributed by atoms with Gasteiger partial charge in [0.1, 0.15) is 0 Å². The average Bonchev–Trinajstić information content (AvgIpc) is 2.69. The molecule has 102 valence electrons. The Morgan fingerprint density at radius 2 is 2.11 bits per heavy atom. The second-order valence-electron chi connectivity index (χ2n) is 5.84. The van der Waals surface area contributed by atoms with E-state index in [0.29, 0.717) is 12.0 Å². The van der Waals surface area contributed by atoms with E-state index in [1.54, 1.807) is 0 Å². The summed E-state index contributed by atoms with van der Waals surface area (Å²) in [6, 6.07) is 6.91. The SMILES string of the molecule is Cn1cc(CC2CCCCC2N)c2cc(Br)ccc21. The van der Waals surface area contributed by atoms with Gasteiger partial charge in [0.25, 0.3) is 0 Å². The van der Waals surface area contributed by atoms with Crippen LogP contribution < -0.4 is 5.73 Å². The molecule has 3 heteroatoms. The molecule has 1 aromatic carbocycles. The molecule has 2 aromatic rings. The molecule has 1 aromatic heterocycles. The number of nitrogens with zero attached hydrogens (tertiary/aromatic N) is 1. The molecule has 1 aliphatic rings. The fourth-order valence-corrected chi connectivity index (χ4v) is 3.74. The van der Waals surface area contributed by atoms with Gasteiger partial charge >= 0.3 is 0 Å². The smallest absolute Gasteiger partial charge is 0.0481 e. The van der Waals surface area contributed by atoms with Gasteiger partial charge in [-0.25, -0.2) is 0 Å². The van der Waals surface area contributed by atoms with Gasteiger partial charge in [-0.1, -0.05) is 28.8 Å². The van der Waals surface area contributed by atoms with Crippen molar-refractivity contribution in [2.45, 2.75) is 38.1 Å². The zero-order valence-electron chi connectivity index (χ0n) is 11.4. The predicted molar refractivity (Wildman–Crippen MR) is 84.3 cm³/mol. The van der Waals surface area contributed by atoms with E-state index < -0.39 is 0 Å². The van der Waals surface area contributed by atoms with Gasteiger partial charge in [0.15, 0.2) is 0 Å². The number of aryl methyl sites for hydroxylation is 1. The molecule has 1 aliphatic carbocycles. The summed E-state index contributed by atoms with van der Waals surface area (Å²) in [6.07, 6.45) is 8.52. The Labute approximate surface area is 123 Å². The molecule has 2 nitrogen and oxygen atoms in total. The first kappa shape index (κ1) is 13.2. The molecule has 0 amide bonds. The maximum atomic E-state index is 6.29. The van der Waals surface area contributed by atoms with E-state index >= 15 is 0 Å². The van der Waals surface area contributed by atoms with Crippen molar-refractivity contribution in [3.63, 3.8) is 0 Å². The molecule has 19 heavy (non-hydrogen) atoms. The maximum absolute atomic E-state index is 6.29. The first-order chi connectivity index (χ1) is 9.15. The number of fused-ring (bicyclic) bond motifs is 1. The molecule has 1 fully saturated rings. The first-order valence-corrected chi connectivity index (χ1v) is 7.93. The normalized spacial score (nSPS) is 23.9. The summed E-state index contributed by atoms with van der Waals surface area (Å²) in [5.74, 6) is 0.651. The van der Waals surface area contributed by atoms with Crippen LogP contribution in [0.2, 0.25) is 0 Å². The van der Waals surface area contributed by atoms with Crippen LogP contribution in [0.4, 0.5) is 0 Å². The second-order valence-corrected chi connectivity index (χ2v) is 6.75. The van der Waals surface area contributed by atoms with Crippen molar-refractivity contribution in [3.8, 4) is 0 Å². The fourth-order valence-electron chi connectivity index (χ4n) is 3.38. The van der Waals surface area contributed by atoms with Crippen LogP contribution >= 0.6 is 15.9 Å². The highest BCUT2D eigenvalue weighted by molar-refractivity contribution is 9.10. The lowest BCUT2D eigenvalue weighted by Crippen LogP contribution is -2.34. The fraction of sp³-hybridized carbons (Fsp3) is 0.500. The number of benzene rings is 1. The minimum atomic E-state index is 0.385. The molecule has 0 bridgehead atoms. The van der Waals surface area contributed by atoms with Crippen molar-refractivity contribution < 1.29 is 0 Å². The zero-order chi connectivity index (χ0) is 13.4. The van der Waals surface area contributed by atoms with Crippen molar-refractivity contribution in [2.75, 3.05) is 0 Å². The highest BCUT2D eigenvalue weighted by Crippen LogP contribution is 2.31. The van der Waals surface area contributed by atoms with Crippen LogP contribution in [-0.4, -0.2) is 10.6 Å². The third kappa shape index (κ3) is 2.59. The molecule has 2 atom stereocenters. The van der Waals surface area contributed by atoms with Crippen LogP contribution in [0.3, 0.4) is 0 Å². The van der Waals surface area contributed by atoms with Crippen LogP contribution in [0.5, 0.6) is 0 Å². The highest BCUT2D eigenvalue weighted by Gasteiger charge is 2.23. The summed E-state index contributed by atoms with van der Waals surface area (Å²) >= 11 is 3.58. The zero-order valence-corrected chi connectivity index (χ0v) is 13.0. The summed E-state index contributed by atoms with van der Waals surface area (Å²) < 4.78 is 3.38. The van der Waals surface area contributed by atoms with Crippen LogP contribution in [0.15, 0.2) is 28.9 Å². The van der Waals surface area contributed by atoms with Gasteiger partial charge in [-0.2, -0.15) is 0 Å². The van der Waals surface area contributed by atoms with Crippen LogP contribution in [0.25, 0.3) is 10.9 Å². The quantitative estimate of drug-likeness (QED) is 0.890. The summed E-state index contributed by atoms with van der Waals surface area (Å²) in [6.45, 7) is 0. The van der Waals surface area contributed by atoms with Gasteiger partial charge in [-0.05, 0) is 48.9 Å². The monoisotopic (exact) mass is 320 g/mol. The Kier molecular flexibility index (Phi) is 3.68. The molecule has 0 spiro atoms. The van der Waals surface area contributed by atoms with Crippen molar-refractivity contribution in [1.29, 1.82) is 0 Å². The number of rotatable bonds is 2. The number of nitrogens with two attached hydrogens (primary N) is 1. The van der Waals surface area contributed by atoms with Crippen LogP contribution in [0.1, 0.15) is 31.2 Å². The Morgan fingerprint density at radius 1 is 1.32 bits per heavy atom. The third-order valence-corrected chi connectivity index (χ3v) is 4.98. The third-order valence-electron chi connectivity index (χ3n) is 4.48. The largest absolute Gasteiger partial charge is 0.350 e. The lowest BCUT2D eigenvalue weighted by molar-refractivity contribution is 0.307. The molecule has 2 N–H and O–H groups in total. The minimum absolute atomic E-state index is 0.385. The molecule has 1 saturated carbocycles. The topological polar surface area (TPSA) is 30.9 Å². The number of aromatic nitrogens is 1. The Bertz CT molecular complexity index is 588. The van der Waals surface area contributed by atoms with Crippen molar-refractivity contribution >= 4 is 26.8 Å². The lowest BCUT2D eigenvalue weighted by Gasteiger charge is -2.28. The van der Waals surface area contributed by atoms with Gasteiger partial charge in [-0.3, -0.25) is 0 Å². The maximum Gasteiger partial charge on any atom is 0.0481 e. The van der Waals surface area contributed by atoms with Crippen LogP contribution in [-0.2, 0) is 13.5 Å². The Hall–Kier alpha value is -0.800. The molecular formula is C16H21BrN2. The summed E-state index contributed by atoms with van der Waals surface area (Å²) in [5, 5.41) is 1.37. The first-order valence-electron chi connectivity index (χ1n) is 7.14. The van der Waals surface area contributed by atoms with E-state index in [0.717, 1.165) is 10.9 Å². The van der Waals surface area contributed by atoms with E-state index in [-0.39, 0.29) is 0 Å². The molecule has 0 aliphatic heterocycles.